The molecule has 0 unspecified atom stereocenters. The molecule has 1 amide bonds. The highest BCUT2D eigenvalue weighted by molar-refractivity contribution is 6.45. The maximum Gasteiger partial charge on any atom is 0.245 e. The highest BCUT2D eigenvalue weighted by atomic mass is 35.5. The van der Waals surface area contributed by atoms with E-state index < -0.39 is 0 Å². The Labute approximate surface area is 206 Å². The van der Waals surface area contributed by atoms with Gasteiger partial charge in [-0.15, -0.1) is 0 Å². The number of rotatable bonds is 5. The van der Waals surface area contributed by atoms with Crippen molar-refractivity contribution in [2.24, 2.45) is 0 Å². The summed E-state index contributed by atoms with van der Waals surface area (Å²) in [5, 5.41) is 2.67. The van der Waals surface area contributed by atoms with E-state index >= 15 is 0 Å². The summed E-state index contributed by atoms with van der Waals surface area (Å²) in [5.74, 6) is 1.78. The van der Waals surface area contributed by atoms with Gasteiger partial charge in [0.15, 0.2) is 11.5 Å². The van der Waals surface area contributed by atoms with E-state index in [0.717, 1.165) is 29.1 Å². The van der Waals surface area contributed by atoms with E-state index in [1.54, 1.807) is 18.1 Å². The molecule has 0 N–H and O–H groups in total. The number of hydrogen-bond donors (Lipinski definition) is 0. The lowest BCUT2D eigenvalue weighted by Gasteiger charge is -2.31. The Balaban J connectivity index is 1.54. The van der Waals surface area contributed by atoms with Crippen LogP contribution in [0, 0.1) is 0 Å². The summed E-state index contributed by atoms with van der Waals surface area (Å²) in [4.78, 5) is 22.6. The zero-order chi connectivity index (χ0) is 23.8. The molecule has 1 fully saturated rings. The van der Waals surface area contributed by atoms with Crippen LogP contribution in [0.2, 0.25) is 10.0 Å². The van der Waals surface area contributed by atoms with Crippen LogP contribution in [0.5, 0.6) is 11.5 Å². The van der Waals surface area contributed by atoms with Crippen molar-refractivity contribution in [1.29, 1.82) is 0 Å². The van der Waals surface area contributed by atoms with Gasteiger partial charge in [-0.25, -0.2) is 9.97 Å². The van der Waals surface area contributed by atoms with Crippen molar-refractivity contribution in [1.82, 2.24) is 19.4 Å². The minimum absolute atomic E-state index is 0.0473. The molecule has 34 heavy (non-hydrogen) atoms. The predicted octanol–water partition coefficient (Wildman–Crippen LogP) is 5.44. The van der Waals surface area contributed by atoms with Crippen LogP contribution in [-0.4, -0.2) is 51.6 Å². The number of benzene rings is 2. The lowest BCUT2D eigenvalue weighted by molar-refractivity contribution is -0.127. The third-order valence-corrected chi connectivity index (χ3v) is 6.89. The minimum Gasteiger partial charge on any atom is -0.493 e. The van der Waals surface area contributed by atoms with Crippen molar-refractivity contribution in [2.75, 3.05) is 20.2 Å². The number of aromatic nitrogens is 3. The number of carbonyl (C=O) groups is 1. The second-order valence-electron chi connectivity index (χ2n) is 8.05. The molecule has 174 valence electrons. The number of carbonyl (C=O) groups excluding carboxylic acids is 1. The molecule has 3 heterocycles. The fraction of sp³-hybridized carbons (Fsp3) is 0.240. The number of ether oxygens (including phenoxy) is 2. The van der Waals surface area contributed by atoms with Crippen LogP contribution in [0.15, 0.2) is 55.5 Å². The van der Waals surface area contributed by atoms with Crippen LogP contribution in [0.3, 0.4) is 0 Å². The van der Waals surface area contributed by atoms with Gasteiger partial charge in [0, 0.05) is 49.0 Å². The molecule has 0 aliphatic carbocycles. The van der Waals surface area contributed by atoms with E-state index in [2.05, 4.69) is 16.5 Å². The maximum atomic E-state index is 11.9. The molecule has 9 heteroatoms. The van der Waals surface area contributed by atoms with Gasteiger partial charge >= 0.3 is 0 Å². The Hall–Kier alpha value is -3.29. The van der Waals surface area contributed by atoms with Gasteiger partial charge in [-0.3, -0.25) is 9.36 Å². The molecule has 0 spiro atoms. The topological polar surface area (TPSA) is 69.5 Å². The first-order chi connectivity index (χ1) is 16.5. The Morgan fingerprint density at radius 1 is 1.15 bits per heavy atom. The van der Waals surface area contributed by atoms with E-state index in [9.17, 15) is 4.79 Å². The van der Waals surface area contributed by atoms with E-state index in [1.165, 1.54) is 12.4 Å². The van der Waals surface area contributed by atoms with Crippen LogP contribution in [0.4, 0.5) is 0 Å². The van der Waals surface area contributed by atoms with Crippen LogP contribution >= 0.6 is 23.2 Å². The molecule has 0 saturated carbocycles. The van der Waals surface area contributed by atoms with Crippen molar-refractivity contribution in [3.63, 3.8) is 0 Å². The summed E-state index contributed by atoms with van der Waals surface area (Å²) in [6.45, 7) is 4.80. The SMILES string of the molecule is C=CC(=O)N1CCC(Oc2cc3c(-n4ccc5ccc(Cl)c(Cl)c54)ncnc3cc2OC)CC1. The van der Waals surface area contributed by atoms with E-state index in [1.807, 2.05) is 35.0 Å². The van der Waals surface area contributed by atoms with Gasteiger partial charge < -0.3 is 14.4 Å². The lowest BCUT2D eigenvalue weighted by Crippen LogP contribution is -2.41. The maximum absolute atomic E-state index is 11.9. The number of fused-ring (bicyclic) bond motifs is 2. The zero-order valence-electron chi connectivity index (χ0n) is 18.5. The smallest absolute Gasteiger partial charge is 0.245 e. The number of likely N-dealkylation sites (tertiary alicyclic amines) is 1. The molecular formula is C25H22Cl2N4O3. The van der Waals surface area contributed by atoms with Crippen molar-refractivity contribution in [2.45, 2.75) is 18.9 Å². The highest BCUT2D eigenvalue weighted by Crippen LogP contribution is 2.38. The van der Waals surface area contributed by atoms with E-state index in [0.29, 0.717) is 46.0 Å². The van der Waals surface area contributed by atoms with Crippen molar-refractivity contribution < 1.29 is 14.3 Å². The van der Waals surface area contributed by atoms with Crippen LogP contribution in [0.1, 0.15) is 12.8 Å². The Morgan fingerprint density at radius 3 is 2.68 bits per heavy atom. The van der Waals surface area contributed by atoms with Crippen LogP contribution in [-0.2, 0) is 4.79 Å². The normalized spacial score (nSPS) is 14.5. The van der Waals surface area contributed by atoms with Crippen molar-refractivity contribution >= 4 is 50.9 Å². The monoisotopic (exact) mass is 496 g/mol. The molecule has 1 saturated heterocycles. The van der Waals surface area contributed by atoms with Gasteiger partial charge in [0.25, 0.3) is 0 Å². The molecule has 4 aromatic rings. The molecule has 2 aromatic carbocycles. The Kier molecular flexibility index (Phi) is 6.06. The highest BCUT2D eigenvalue weighted by Gasteiger charge is 2.24. The Bertz CT molecular complexity index is 1410. The van der Waals surface area contributed by atoms with Crippen molar-refractivity contribution in [3.05, 3.63) is 65.6 Å². The van der Waals surface area contributed by atoms with Crippen LogP contribution < -0.4 is 9.47 Å². The van der Waals surface area contributed by atoms with Gasteiger partial charge in [-0.1, -0.05) is 35.8 Å². The predicted molar refractivity (Wildman–Crippen MR) is 133 cm³/mol. The average molecular weight is 497 g/mol. The first kappa shape index (κ1) is 22.5. The molecule has 1 aliphatic rings. The van der Waals surface area contributed by atoms with Gasteiger partial charge in [0.2, 0.25) is 5.91 Å². The summed E-state index contributed by atoms with van der Waals surface area (Å²) in [7, 11) is 1.60. The zero-order valence-corrected chi connectivity index (χ0v) is 20.0. The van der Waals surface area contributed by atoms with Gasteiger partial charge in [-0.2, -0.15) is 0 Å². The summed E-state index contributed by atoms with van der Waals surface area (Å²) >= 11 is 12.8. The molecule has 7 nitrogen and oxygen atoms in total. The number of halogens is 2. The lowest BCUT2D eigenvalue weighted by atomic mass is 10.1. The molecule has 0 atom stereocenters. The van der Waals surface area contributed by atoms with E-state index in [4.69, 9.17) is 32.7 Å². The molecule has 5 rings (SSSR count). The summed E-state index contributed by atoms with van der Waals surface area (Å²) in [5.41, 5.74) is 1.48. The fourth-order valence-corrected chi connectivity index (χ4v) is 4.75. The number of amides is 1. The first-order valence-electron chi connectivity index (χ1n) is 10.9. The van der Waals surface area contributed by atoms with Crippen LogP contribution in [0.25, 0.3) is 27.6 Å². The summed E-state index contributed by atoms with van der Waals surface area (Å²) in [6.07, 6.45) is 6.15. The van der Waals surface area contributed by atoms with Gasteiger partial charge in [0.1, 0.15) is 18.2 Å². The fourth-order valence-electron chi connectivity index (χ4n) is 4.34. The molecule has 0 bridgehead atoms. The Morgan fingerprint density at radius 2 is 1.94 bits per heavy atom. The van der Waals surface area contributed by atoms with Crippen molar-refractivity contribution in [3.8, 4) is 17.3 Å². The first-order valence-corrected chi connectivity index (χ1v) is 11.6. The molecular weight excluding hydrogens is 475 g/mol. The molecule has 2 aromatic heterocycles. The number of methoxy groups -OCH3 is 1. The third kappa shape index (κ3) is 3.95. The third-order valence-electron chi connectivity index (χ3n) is 6.09. The molecule has 1 aliphatic heterocycles. The largest absolute Gasteiger partial charge is 0.493 e. The standard InChI is InChI=1S/C25H22Cl2N4O3/c1-3-22(32)30-9-7-16(8-10-30)34-21-12-17-19(13-20(21)33-2)28-14-29-25(17)31-11-6-15-4-5-18(26)23(27)24(15)31/h3-6,11-14,16H,1,7-10H2,2H3. The number of hydrogen-bond acceptors (Lipinski definition) is 5. The molecule has 0 radical (unpaired) electrons. The van der Waals surface area contributed by atoms with Gasteiger partial charge in [-0.05, 0) is 24.3 Å². The number of nitrogens with zero attached hydrogens (tertiary/aromatic N) is 4. The second kappa shape index (κ2) is 9.16. The summed E-state index contributed by atoms with van der Waals surface area (Å²) < 4.78 is 13.9. The average Bonchev–Trinajstić information content (AvgIpc) is 3.30. The number of piperidine rings is 1. The second-order valence-corrected chi connectivity index (χ2v) is 8.83. The van der Waals surface area contributed by atoms with Gasteiger partial charge in [0.05, 0.1) is 28.2 Å². The van der Waals surface area contributed by atoms with E-state index in [-0.39, 0.29) is 12.0 Å². The quantitative estimate of drug-likeness (QED) is 0.343. The summed E-state index contributed by atoms with van der Waals surface area (Å²) in [6, 6.07) is 9.40. The minimum atomic E-state index is -0.0544.